The van der Waals surface area contributed by atoms with Crippen LogP contribution in [0.25, 0.3) is 0 Å². The molecule has 0 amide bonds. The predicted molar refractivity (Wildman–Crippen MR) is 70.6 cm³/mol. The third-order valence-electron chi connectivity index (χ3n) is 3.95. The van der Waals surface area contributed by atoms with Gasteiger partial charge in [-0.2, -0.15) is 0 Å². The van der Waals surface area contributed by atoms with Crippen LogP contribution in [0.4, 0.5) is 11.5 Å². The maximum atomic E-state index is 10.8. The van der Waals surface area contributed by atoms with Gasteiger partial charge in [0.05, 0.1) is 11.3 Å². The molecule has 0 bridgehead atoms. The first-order valence-corrected chi connectivity index (χ1v) is 6.24. The Kier molecular flexibility index (Phi) is 3.41. The number of pyridine rings is 1. The average Bonchev–Trinajstić information content (AvgIpc) is 2.63. The molecule has 4 N–H and O–H groups in total. The zero-order valence-corrected chi connectivity index (χ0v) is 10.7. The van der Waals surface area contributed by atoms with Crippen molar-refractivity contribution in [3.05, 3.63) is 17.8 Å². The number of nitrogens with zero attached hydrogens (tertiary/aromatic N) is 1. The summed E-state index contributed by atoms with van der Waals surface area (Å²) in [5.41, 5.74) is 6.34. The highest BCUT2D eigenvalue weighted by Gasteiger charge is 2.30. The molecule has 0 aliphatic heterocycles. The molecule has 3 unspecified atom stereocenters. The molecule has 98 valence electrons. The minimum atomic E-state index is -1.01. The second-order valence-electron chi connectivity index (χ2n) is 5.13. The van der Waals surface area contributed by atoms with E-state index in [-0.39, 0.29) is 5.56 Å². The van der Waals surface area contributed by atoms with E-state index in [9.17, 15) is 4.79 Å². The number of hydrogen-bond donors (Lipinski definition) is 3. The molecule has 5 nitrogen and oxygen atoms in total. The summed E-state index contributed by atoms with van der Waals surface area (Å²) < 4.78 is 0. The van der Waals surface area contributed by atoms with Crippen molar-refractivity contribution in [3.63, 3.8) is 0 Å². The first-order valence-electron chi connectivity index (χ1n) is 6.24. The summed E-state index contributed by atoms with van der Waals surface area (Å²) in [5, 5.41) is 12.2. The summed E-state index contributed by atoms with van der Waals surface area (Å²) in [6.45, 7) is 4.47. The number of nitrogens with two attached hydrogens (primary N) is 1. The highest BCUT2D eigenvalue weighted by Crippen LogP contribution is 2.33. The summed E-state index contributed by atoms with van der Waals surface area (Å²) in [6, 6.07) is 1.81. The number of hydrogen-bond acceptors (Lipinski definition) is 4. The summed E-state index contributed by atoms with van der Waals surface area (Å²) in [4.78, 5) is 14.9. The number of rotatable bonds is 3. The van der Waals surface area contributed by atoms with Crippen LogP contribution >= 0.6 is 0 Å². The molecule has 5 heteroatoms. The molecule has 0 aromatic carbocycles. The highest BCUT2D eigenvalue weighted by molar-refractivity contribution is 5.89. The van der Waals surface area contributed by atoms with Crippen LogP contribution in [0.5, 0.6) is 0 Å². The molecule has 0 saturated heterocycles. The molecule has 2 rings (SSSR count). The molecule has 1 aromatic rings. The van der Waals surface area contributed by atoms with E-state index in [0.29, 0.717) is 29.4 Å². The molecular weight excluding hydrogens is 230 g/mol. The Morgan fingerprint density at radius 2 is 2.22 bits per heavy atom. The van der Waals surface area contributed by atoms with Gasteiger partial charge in [0, 0.05) is 12.2 Å². The van der Waals surface area contributed by atoms with Crippen molar-refractivity contribution in [1.82, 2.24) is 4.98 Å². The lowest BCUT2D eigenvalue weighted by Crippen LogP contribution is -2.25. The minimum Gasteiger partial charge on any atom is -0.478 e. The minimum absolute atomic E-state index is 0.117. The number of anilines is 2. The lowest BCUT2D eigenvalue weighted by atomic mass is 9.98. The van der Waals surface area contributed by atoms with E-state index in [4.69, 9.17) is 10.8 Å². The monoisotopic (exact) mass is 249 g/mol. The zero-order chi connectivity index (χ0) is 13.3. The van der Waals surface area contributed by atoms with E-state index in [1.165, 1.54) is 18.7 Å². The maximum absolute atomic E-state index is 10.8. The van der Waals surface area contributed by atoms with Gasteiger partial charge in [0.25, 0.3) is 0 Å². The van der Waals surface area contributed by atoms with Crippen molar-refractivity contribution in [3.8, 4) is 0 Å². The molecule has 1 aromatic heterocycles. The Bertz CT molecular complexity index is 462. The van der Waals surface area contributed by atoms with E-state index < -0.39 is 5.97 Å². The van der Waals surface area contributed by atoms with Gasteiger partial charge in [-0.1, -0.05) is 13.8 Å². The Morgan fingerprint density at radius 3 is 2.72 bits per heavy atom. The smallest absolute Gasteiger partial charge is 0.337 e. The molecule has 1 aliphatic rings. The van der Waals surface area contributed by atoms with Crippen LogP contribution in [-0.4, -0.2) is 22.1 Å². The molecular formula is C13H19N3O2. The van der Waals surface area contributed by atoms with Gasteiger partial charge in [0.1, 0.15) is 5.82 Å². The van der Waals surface area contributed by atoms with Crippen molar-refractivity contribution in [1.29, 1.82) is 0 Å². The van der Waals surface area contributed by atoms with Gasteiger partial charge >= 0.3 is 5.97 Å². The Hall–Kier alpha value is -1.78. The van der Waals surface area contributed by atoms with E-state index in [0.717, 1.165) is 6.42 Å². The fourth-order valence-corrected chi connectivity index (χ4v) is 2.46. The summed E-state index contributed by atoms with van der Waals surface area (Å²) in [6.07, 6.45) is 3.64. The Balaban J connectivity index is 2.13. The number of aromatic nitrogens is 1. The maximum Gasteiger partial charge on any atom is 0.337 e. The van der Waals surface area contributed by atoms with Gasteiger partial charge in [-0.3, -0.25) is 0 Å². The molecule has 18 heavy (non-hydrogen) atoms. The van der Waals surface area contributed by atoms with Crippen LogP contribution in [0, 0.1) is 11.8 Å². The Labute approximate surface area is 106 Å². The van der Waals surface area contributed by atoms with Crippen molar-refractivity contribution >= 4 is 17.5 Å². The summed E-state index contributed by atoms with van der Waals surface area (Å²) in [7, 11) is 0. The van der Waals surface area contributed by atoms with Gasteiger partial charge in [-0.15, -0.1) is 0 Å². The van der Waals surface area contributed by atoms with Crippen LogP contribution in [0.2, 0.25) is 0 Å². The van der Waals surface area contributed by atoms with Crippen molar-refractivity contribution in [2.24, 2.45) is 11.8 Å². The topological polar surface area (TPSA) is 88.2 Å². The summed E-state index contributed by atoms with van der Waals surface area (Å²) in [5.74, 6) is 0.849. The van der Waals surface area contributed by atoms with Gasteiger partial charge in [-0.25, -0.2) is 9.78 Å². The number of nitrogen functional groups attached to an aromatic ring is 1. The van der Waals surface area contributed by atoms with E-state index in [1.807, 2.05) is 0 Å². The molecule has 1 aliphatic carbocycles. The second-order valence-corrected chi connectivity index (χ2v) is 5.13. The van der Waals surface area contributed by atoms with E-state index >= 15 is 0 Å². The zero-order valence-electron chi connectivity index (χ0n) is 10.7. The molecule has 0 spiro atoms. The van der Waals surface area contributed by atoms with Gasteiger partial charge in [0.15, 0.2) is 0 Å². The number of carboxylic acid groups (broad SMARTS) is 1. The van der Waals surface area contributed by atoms with Gasteiger partial charge < -0.3 is 16.2 Å². The fraction of sp³-hybridized carbons (Fsp3) is 0.538. The molecule has 1 saturated carbocycles. The SMILES string of the molecule is CC1CCC(Nc2ncc(C(=O)O)cc2N)C1C. The molecule has 0 radical (unpaired) electrons. The predicted octanol–water partition coefficient (Wildman–Crippen LogP) is 2.21. The van der Waals surface area contributed by atoms with Crippen LogP contribution in [0.1, 0.15) is 37.0 Å². The van der Waals surface area contributed by atoms with Crippen molar-refractivity contribution < 1.29 is 9.90 Å². The summed E-state index contributed by atoms with van der Waals surface area (Å²) >= 11 is 0. The van der Waals surface area contributed by atoms with Gasteiger partial charge in [-0.05, 0) is 30.7 Å². The third kappa shape index (κ3) is 2.39. The standard InChI is InChI=1S/C13H19N3O2/c1-7-3-4-11(8(7)2)16-12-10(14)5-9(6-15-12)13(17)18/h5-8,11H,3-4,14H2,1-2H3,(H,15,16)(H,17,18). The lowest BCUT2D eigenvalue weighted by molar-refractivity contribution is 0.0696. The van der Waals surface area contributed by atoms with Crippen molar-refractivity contribution in [2.75, 3.05) is 11.1 Å². The van der Waals surface area contributed by atoms with Crippen LogP contribution in [0.15, 0.2) is 12.3 Å². The number of carboxylic acids is 1. The Morgan fingerprint density at radius 1 is 1.50 bits per heavy atom. The first kappa shape index (κ1) is 12.7. The number of nitrogens with one attached hydrogen (secondary N) is 1. The largest absolute Gasteiger partial charge is 0.478 e. The highest BCUT2D eigenvalue weighted by atomic mass is 16.4. The van der Waals surface area contributed by atoms with Crippen molar-refractivity contribution in [2.45, 2.75) is 32.7 Å². The number of carbonyl (C=O) groups is 1. The van der Waals surface area contributed by atoms with E-state index in [2.05, 4.69) is 24.1 Å². The quantitative estimate of drug-likeness (QED) is 0.764. The second kappa shape index (κ2) is 4.84. The average molecular weight is 249 g/mol. The fourth-order valence-electron chi connectivity index (χ4n) is 2.46. The van der Waals surface area contributed by atoms with Gasteiger partial charge in [0.2, 0.25) is 0 Å². The van der Waals surface area contributed by atoms with Crippen LogP contribution < -0.4 is 11.1 Å². The normalized spacial score (nSPS) is 27.1. The first-order chi connectivity index (χ1) is 8.49. The lowest BCUT2D eigenvalue weighted by Gasteiger charge is -2.21. The van der Waals surface area contributed by atoms with Crippen LogP contribution in [0.3, 0.4) is 0 Å². The molecule has 1 fully saturated rings. The van der Waals surface area contributed by atoms with Crippen LogP contribution in [-0.2, 0) is 0 Å². The third-order valence-corrected chi connectivity index (χ3v) is 3.95. The number of aromatic carboxylic acids is 1. The molecule has 1 heterocycles. The van der Waals surface area contributed by atoms with E-state index in [1.54, 1.807) is 0 Å². The molecule has 3 atom stereocenters.